The Morgan fingerprint density at radius 3 is 2.71 bits per heavy atom. The molecule has 1 aliphatic carbocycles. The second-order valence-corrected chi connectivity index (χ2v) is 7.11. The lowest BCUT2D eigenvalue weighted by molar-refractivity contribution is -0.659. The lowest BCUT2D eigenvalue weighted by Crippen LogP contribution is -2.67. The molecule has 0 N–H and O–H groups in total. The summed E-state index contributed by atoms with van der Waals surface area (Å²) in [6.07, 6.45) is 8.48. The van der Waals surface area contributed by atoms with Gasteiger partial charge in [0.1, 0.15) is 11.6 Å². The zero-order valence-corrected chi connectivity index (χ0v) is 13.3. The first kappa shape index (κ1) is 12.9. The van der Waals surface area contributed by atoms with Gasteiger partial charge in [0.2, 0.25) is 0 Å². The van der Waals surface area contributed by atoms with Crippen LogP contribution in [0.5, 0.6) is 0 Å². The summed E-state index contributed by atoms with van der Waals surface area (Å²) in [4.78, 5) is 2.61. The Morgan fingerprint density at radius 2 is 1.95 bits per heavy atom. The Hall–Kier alpha value is -1.77. The molecule has 2 aliphatic heterocycles. The minimum atomic E-state index is 0.0264. The molecule has 1 fully saturated rings. The molecule has 2 aromatic heterocycles. The van der Waals surface area contributed by atoms with Gasteiger partial charge < -0.3 is 4.42 Å². The Balaban J connectivity index is 1.97. The van der Waals surface area contributed by atoms with Crippen molar-refractivity contribution in [1.29, 1.82) is 0 Å². The van der Waals surface area contributed by atoms with E-state index >= 15 is 0 Å². The third-order valence-electron chi connectivity index (χ3n) is 6.10. The van der Waals surface area contributed by atoms with Crippen molar-refractivity contribution in [2.75, 3.05) is 4.90 Å². The van der Waals surface area contributed by atoms with Crippen LogP contribution in [0.4, 0.5) is 5.82 Å². The average molecular weight is 283 g/mol. The minimum Gasteiger partial charge on any atom is -0.472 e. The van der Waals surface area contributed by atoms with Crippen LogP contribution in [-0.4, -0.2) is 6.04 Å². The Labute approximate surface area is 126 Å². The number of hydrogen-bond acceptors (Lipinski definition) is 2. The van der Waals surface area contributed by atoms with E-state index < -0.39 is 0 Å². The van der Waals surface area contributed by atoms with Crippen molar-refractivity contribution in [3.05, 3.63) is 48.0 Å². The lowest BCUT2D eigenvalue weighted by atomic mass is 9.58. The maximum atomic E-state index is 5.61. The molecule has 5 rings (SSSR count). The molecule has 21 heavy (non-hydrogen) atoms. The van der Waals surface area contributed by atoms with Gasteiger partial charge in [-0.15, -0.1) is 0 Å². The van der Waals surface area contributed by atoms with E-state index in [0.717, 1.165) is 0 Å². The second-order valence-electron chi connectivity index (χ2n) is 7.11. The van der Waals surface area contributed by atoms with Gasteiger partial charge in [-0.2, -0.15) is 0 Å². The summed E-state index contributed by atoms with van der Waals surface area (Å²) in [7, 11) is 2.13. The number of nitrogens with zero attached hydrogens (tertiary/aromatic N) is 2. The predicted octanol–water partition coefficient (Wildman–Crippen LogP) is 3.28. The van der Waals surface area contributed by atoms with Gasteiger partial charge in [0.05, 0.1) is 25.8 Å². The van der Waals surface area contributed by atoms with E-state index in [0.29, 0.717) is 6.04 Å². The smallest absolute Gasteiger partial charge is 0.277 e. The monoisotopic (exact) mass is 283 g/mol. The van der Waals surface area contributed by atoms with Gasteiger partial charge in [0, 0.05) is 22.6 Å². The van der Waals surface area contributed by atoms with Gasteiger partial charge in [0.15, 0.2) is 0 Å². The van der Waals surface area contributed by atoms with E-state index in [2.05, 4.69) is 61.7 Å². The first-order valence-corrected chi connectivity index (χ1v) is 7.79. The lowest BCUT2D eigenvalue weighted by Gasteiger charge is -2.56. The van der Waals surface area contributed by atoms with Gasteiger partial charge in [-0.05, 0) is 32.8 Å². The highest BCUT2D eigenvalue weighted by molar-refractivity contribution is 5.55. The summed E-state index contributed by atoms with van der Waals surface area (Å²) < 4.78 is 7.84. The minimum absolute atomic E-state index is 0.0264. The Morgan fingerprint density at radius 1 is 1.19 bits per heavy atom. The molecule has 1 saturated heterocycles. The molecular weight excluding hydrogens is 260 g/mol. The molecule has 0 radical (unpaired) electrons. The fraction of sp³-hybridized carbons (Fsp3) is 0.500. The molecular formula is C18H23N2O+. The van der Waals surface area contributed by atoms with Crippen LogP contribution in [-0.2, 0) is 18.0 Å². The van der Waals surface area contributed by atoms with Gasteiger partial charge in [-0.25, -0.2) is 9.47 Å². The molecule has 0 saturated carbocycles. The van der Waals surface area contributed by atoms with Crippen LogP contribution in [0, 0.1) is 0 Å². The summed E-state index contributed by atoms with van der Waals surface area (Å²) >= 11 is 0. The zero-order valence-electron chi connectivity index (χ0n) is 13.3. The standard InChI is InChI=1S/C18H23N2O/c1-13-17(2)8-9-18(3,15-12-21-11-14(15)17)20(13)16-7-5-6-10-19(16)4/h5-7,10-13H,8-9H2,1-4H3/q+1. The maximum absolute atomic E-state index is 5.61. The van der Waals surface area contributed by atoms with Crippen LogP contribution in [0.3, 0.4) is 0 Å². The normalized spacial score (nSPS) is 34.1. The van der Waals surface area contributed by atoms with Gasteiger partial charge in [-0.3, -0.25) is 0 Å². The molecule has 0 spiro atoms. The number of pyridine rings is 1. The molecule has 3 aliphatic rings. The molecule has 0 amide bonds. The van der Waals surface area contributed by atoms with Crippen LogP contribution in [0.1, 0.15) is 44.7 Å². The number of rotatable bonds is 1. The van der Waals surface area contributed by atoms with E-state index in [4.69, 9.17) is 4.42 Å². The van der Waals surface area contributed by atoms with Crippen molar-refractivity contribution >= 4 is 5.82 Å². The number of anilines is 1. The van der Waals surface area contributed by atoms with Gasteiger partial charge in [0.25, 0.3) is 5.82 Å². The summed E-state index contributed by atoms with van der Waals surface area (Å²) in [6, 6.07) is 6.90. The van der Waals surface area contributed by atoms with E-state index in [9.17, 15) is 0 Å². The van der Waals surface area contributed by atoms with Crippen LogP contribution in [0.25, 0.3) is 0 Å². The van der Waals surface area contributed by atoms with Crippen molar-refractivity contribution in [3.8, 4) is 0 Å². The quantitative estimate of drug-likeness (QED) is 0.749. The molecule has 3 nitrogen and oxygen atoms in total. The SMILES string of the molecule is CC1N(c2cccc[n+]2C)C2(C)CCC1(C)c1cocc12. The molecule has 3 atom stereocenters. The summed E-state index contributed by atoms with van der Waals surface area (Å²) in [6.45, 7) is 7.12. The number of fused-ring (bicyclic) bond motifs is 2. The molecule has 2 aromatic rings. The number of aryl methyl sites for hydroxylation is 1. The van der Waals surface area contributed by atoms with Crippen LogP contribution < -0.4 is 9.47 Å². The van der Waals surface area contributed by atoms with Crippen molar-refractivity contribution < 1.29 is 8.98 Å². The average Bonchev–Trinajstić information content (AvgIpc) is 2.96. The number of aromatic nitrogens is 1. The van der Waals surface area contributed by atoms with Crippen molar-refractivity contribution in [2.45, 2.75) is 50.6 Å². The van der Waals surface area contributed by atoms with E-state index in [1.165, 1.54) is 29.8 Å². The molecule has 3 unspecified atom stereocenters. The molecule has 4 heterocycles. The largest absolute Gasteiger partial charge is 0.472 e. The molecule has 110 valence electrons. The molecule has 3 heteroatoms. The third kappa shape index (κ3) is 1.42. The highest BCUT2D eigenvalue weighted by Crippen LogP contribution is 2.57. The topological polar surface area (TPSA) is 20.3 Å². The zero-order chi connectivity index (χ0) is 14.8. The fourth-order valence-corrected chi connectivity index (χ4v) is 4.54. The van der Waals surface area contributed by atoms with E-state index in [1.807, 2.05) is 12.5 Å². The fourth-order valence-electron chi connectivity index (χ4n) is 4.54. The number of hydrogen-bond donors (Lipinski definition) is 0. The van der Waals surface area contributed by atoms with Gasteiger partial charge in [-0.1, -0.05) is 13.0 Å². The van der Waals surface area contributed by atoms with E-state index in [-0.39, 0.29) is 11.0 Å². The number of furan rings is 1. The summed E-state index contributed by atoms with van der Waals surface area (Å²) in [5, 5.41) is 0. The van der Waals surface area contributed by atoms with Crippen LogP contribution in [0.2, 0.25) is 0 Å². The highest BCUT2D eigenvalue weighted by atomic mass is 16.3. The number of piperidine rings is 1. The molecule has 2 bridgehead atoms. The van der Waals surface area contributed by atoms with Crippen molar-refractivity contribution in [3.63, 3.8) is 0 Å². The molecule has 0 aromatic carbocycles. The first-order valence-electron chi connectivity index (χ1n) is 7.79. The van der Waals surface area contributed by atoms with Crippen LogP contribution in [0.15, 0.2) is 41.3 Å². The predicted molar refractivity (Wildman–Crippen MR) is 82.2 cm³/mol. The van der Waals surface area contributed by atoms with Crippen molar-refractivity contribution in [2.24, 2.45) is 7.05 Å². The Kier molecular flexibility index (Phi) is 2.40. The van der Waals surface area contributed by atoms with Crippen LogP contribution >= 0.6 is 0 Å². The highest BCUT2D eigenvalue weighted by Gasteiger charge is 2.62. The van der Waals surface area contributed by atoms with Gasteiger partial charge >= 0.3 is 0 Å². The first-order chi connectivity index (χ1) is 9.98. The summed E-state index contributed by atoms with van der Waals surface area (Å²) in [5.41, 5.74) is 2.98. The second kappa shape index (κ2) is 3.90. The van der Waals surface area contributed by atoms with Crippen molar-refractivity contribution in [1.82, 2.24) is 0 Å². The van der Waals surface area contributed by atoms with E-state index in [1.54, 1.807) is 0 Å². The Bertz CT molecular complexity index is 707. The summed E-state index contributed by atoms with van der Waals surface area (Å²) in [5.74, 6) is 1.28. The maximum Gasteiger partial charge on any atom is 0.277 e. The third-order valence-corrected chi connectivity index (χ3v) is 6.10.